The molecule has 12 heteroatoms. The van der Waals surface area contributed by atoms with Gasteiger partial charge in [-0.2, -0.15) is 5.10 Å². The molecule has 1 amide bonds. The van der Waals surface area contributed by atoms with Gasteiger partial charge in [-0.15, -0.1) is 0 Å². The molecule has 1 N–H and O–H groups in total. The van der Waals surface area contributed by atoms with Crippen molar-refractivity contribution in [1.29, 1.82) is 0 Å². The summed E-state index contributed by atoms with van der Waals surface area (Å²) in [6, 6.07) is 15.3. The quantitative estimate of drug-likeness (QED) is 0.355. The van der Waals surface area contributed by atoms with Crippen LogP contribution >= 0.6 is 0 Å². The van der Waals surface area contributed by atoms with Gasteiger partial charge in [0.2, 0.25) is 0 Å². The second-order valence-electron chi connectivity index (χ2n) is 8.75. The molecule has 1 unspecified atom stereocenters. The molecule has 2 aromatic carbocycles. The Hall–Kier alpha value is -4.32. The highest BCUT2D eigenvalue weighted by atomic mass is 32.2. The maximum atomic E-state index is 13.1. The number of rotatable bonds is 8. The fourth-order valence-corrected chi connectivity index (χ4v) is 6.02. The Morgan fingerprint density at radius 1 is 0.974 bits per heavy atom. The zero-order chi connectivity index (χ0) is 26.9. The van der Waals surface area contributed by atoms with E-state index in [0.29, 0.717) is 46.5 Å². The maximum absolute atomic E-state index is 13.1. The minimum atomic E-state index is -3.19. The average Bonchev–Trinajstić information content (AvgIpc) is 3.67. The third-order valence-corrected chi connectivity index (χ3v) is 8.08. The van der Waals surface area contributed by atoms with Gasteiger partial charge in [-0.05, 0) is 48.9 Å². The normalized spacial score (nSPS) is 16.2. The molecule has 11 nitrogen and oxygen atoms in total. The van der Waals surface area contributed by atoms with Crippen LogP contribution in [-0.2, 0) is 9.84 Å². The molecule has 0 bridgehead atoms. The van der Waals surface area contributed by atoms with Crippen LogP contribution in [0.4, 0.5) is 5.82 Å². The van der Waals surface area contributed by atoms with Crippen LogP contribution in [0, 0.1) is 0 Å². The number of hydrogen-bond donors (Lipinski definition) is 1. The molecular formula is C26H26N4O7S. The molecule has 4 aromatic rings. The fraction of sp³-hybridized carbons (Fsp3) is 0.269. The number of amides is 1. The van der Waals surface area contributed by atoms with Gasteiger partial charge in [-0.1, -0.05) is 5.16 Å². The van der Waals surface area contributed by atoms with Gasteiger partial charge in [-0.25, -0.2) is 13.1 Å². The van der Waals surface area contributed by atoms with E-state index in [1.165, 1.54) is 13.2 Å². The highest BCUT2D eigenvalue weighted by Crippen LogP contribution is 2.35. The second-order valence-corrected chi connectivity index (χ2v) is 11.0. The van der Waals surface area contributed by atoms with Crippen LogP contribution in [0.1, 0.15) is 23.0 Å². The number of carbonyl (C=O) groups excluding carboxylic acids is 1. The van der Waals surface area contributed by atoms with E-state index < -0.39 is 21.8 Å². The first kappa shape index (κ1) is 25.3. The van der Waals surface area contributed by atoms with E-state index in [1.54, 1.807) is 61.4 Å². The van der Waals surface area contributed by atoms with Crippen molar-refractivity contribution in [2.75, 3.05) is 38.2 Å². The smallest absolute Gasteiger partial charge is 0.279 e. The lowest BCUT2D eigenvalue weighted by atomic mass is 10.1. The van der Waals surface area contributed by atoms with Crippen molar-refractivity contribution in [3.63, 3.8) is 0 Å². The number of nitrogens with one attached hydrogen (secondary N) is 1. The van der Waals surface area contributed by atoms with Crippen molar-refractivity contribution in [2.45, 2.75) is 12.5 Å². The van der Waals surface area contributed by atoms with E-state index >= 15 is 0 Å². The molecule has 1 aliphatic heterocycles. The Morgan fingerprint density at radius 3 is 2.37 bits per heavy atom. The number of carbonyl (C=O) groups is 1. The Morgan fingerprint density at radius 2 is 1.71 bits per heavy atom. The predicted octanol–water partition coefficient (Wildman–Crippen LogP) is 3.84. The van der Waals surface area contributed by atoms with Gasteiger partial charge < -0.3 is 24.1 Å². The number of sulfone groups is 1. The van der Waals surface area contributed by atoms with Crippen LogP contribution in [-0.4, -0.2) is 62.1 Å². The summed E-state index contributed by atoms with van der Waals surface area (Å²) in [5, 5.41) is 11.4. The Balaban J connectivity index is 1.45. The molecule has 0 spiro atoms. The first-order valence-corrected chi connectivity index (χ1v) is 13.6. The van der Waals surface area contributed by atoms with Gasteiger partial charge in [0.05, 0.1) is 44.6 Å². The topological polar surface area (TPSA) is 135 Å². The number of hydrogen-bond acceptors (Lipinski definition) is 9. The Kier molecular flexibility index (Phi) is 6.81. The summed E-state index contributed by atoms with van der Waals surface area (Å²) in [6.07, 6.45) is 0.393. The third kappa shape index (κ3) is 5.07. The molecule has 5 rings (SSSR count). The van der Waals surface area contributed by atoms with E-state index in [2.05, 4.69) is 15.6 Å². The first-order chi connectivity index (χ1) is 18.3. The number of ether oxygens (including phenoxy) is 3. The molecule has 1 atom stereocenters. The highest BCUT2D eigenvalue weighted by molar-refractivity contribution is 7.91. The number of nitrogens with zero attached hydrogens (tertiary/aromatic N) is 3. The molecule has 3 heterocycles. The molecule has 1 fully saturated rings. The number of anilines is 1. The molecule has 1 aliphatic rings. The van der Waals surface area contributed by atoms with Gasteiger partial charge in [0.1, 0.15) is 11.6 Å². The Labute approximate surface area is 219 Å². The summed E-state index contributed by atoms with van der Waals surface area (Å²) < 4.78 is 47.2. The predicted molar refractivity (Wildman–Crippen MR) is 140 cm³/mol. The summed E-state index contributed by atoms with van der Waals surface area (Å²) >= 11 is 0. The summed E-state index contributed by atoms with van der Waals surface area (Å²) in [7, 11) is 1.46. The van der Waals surface area contributed by atoms with Gasteiger partial charge in [0, 0.05) is 23.3 Å². The molecule has 198 valence electrons. The summed E-state index contributed by atoms with van der Waals surface area (Å²) in [6.45, 7) is 0. The van der Waals surface area contributed by atoms with Crippen molar-refractivity contribution < 1.29 is 31.9 Å². The standard InChI is InChI=1S/C26H26N4O7S/c1-34-19-7-4-16(5-8-19)23-13-21(29-37-23)26(31)27-25-14-20(17-6-9-22(35-2)24(12-17)36-3)28-30(25)18-10-11-38(32,33)15-18/h4-9,12-14,18H,10-11,15H2,1-3H3,(H,27,31). The highest BCUT2D eigenvalue weighted by Gasteiger charge is 2.32. The summed E-state index contributed by atoms with van der Waals surface area (Å²) in [4.78, 5) is 13.1. The van der Waals surface area contributed by atoms with Crippen LogP contribution < -0.4 is 19.5 Å². The summed E-state index contributed by atoms with van der Waals surface area (Å²) in [5.74, 6) is 2.01. The van der Waals surface area contributed by atoms with Crippen molar-refractivity contribution >= 4 is 21.6 Å². The largest absolute Gasteiger partial charge is 0.497 e. The minimum absolute atomic E-state index is 0.0606. The number of benzene rings is 2. The molecule has 2 aromatic heterocycles. The zero-order valence-corrected chi connectivity index (χ0v) is 21.8. The number of aromatic nitrogens is 3. The van der Waals surface area contributed by atoms with Crippen LogP contribution in [0.15, 0.2) is 59.1 Å². The third-order valence-electron chi connectivity index (χ3n) is 6.33. The Bertz CT molecular complexity index is 1580. The van der Waals surface area contributed by atoms with E-state index in [9.17, 15) is 13.2 Å². The molecular weight excluding hydrogens is 512 g/mol. The lowest BCUT2D eigenvalue weighted by molar-refractivity contribution is 0.101. The monoisotopic (exact) mass is 538 g/mol. The van der Waals surface area contributed by atoms with Crippen molar-refractivity contribution in [3.8, 4) is 39.8 Å². The lowest BCUT2D eigenvalue weighted by Crippen LogP contribution is -2.19. The van der Waals surface area contributed by atoms with Crippen LogP contribution in [0.25, 0.3) is 22.6 Å². The molecule has 0 aliphatic carbocycles. The zero-order valence-electron chi connectivity index (χ0n) is 21.0. The van der Waals surface area contributed by atoms with Crippen LogP contribution in [0.3, 0.4) is 0 Å². The molecule has 0 radical (unpaired) electrons. The van der Waals surface area contributed by atoms with E-state index in [1.807, 2.05) is 6.07 Å². The minimum Gasteiger partial charge on any atom is -0.497 e. The first-order valence-electron chi connectivity index (χ1n) is 11.7. The number of methoxy groups -OCH3 is 3. The van der Waals surface area contributed by atoms with E-state index in [4.69, 9.17) is 18.7 Å². The van der Waals surface area contributed by atoms with Crippen LogP contribution in [0.2, 0.25) is 0 Å². The molecule has 0 saturated carbocycles. The van der Waals surface area contributed by atoms with Crippen LogP contribution in [0.5, 0.6) is 17.2 Å². The summed E-state index contributed by atoms with van der Waals surface area (Å²) in [5.41, 5.74) is 2.04. The van der Waals surface area contributed by atoms with Crippen molar-refractivity contribution in [1.82, 2.24) is 14.9 Å². The SMILES string of the molecule is COc1ccc(-c2cc(C(=O)Nc3cc(-c4ccc(OC)c(OC)c4)nn3C3CCS(=O)(=O)C3)no2)cc1. The van der Waals surface area contributed by atoms with E-state index in [-0.39, 0.29) is 17.2 Å². The van der Waals surface area contributed by atoms with Crippen molar-refractivity contribution in [3.05, 3.63) is 60.3 Å². The van der Waals surface area contributed by atoms with Gasteiger partial charge in [0.25, 0.3) is 5.91 Å². The van der Waals surface area contributed by atoms with E-state index in [0.717, 1.165) is 5.56 Å². The van der Waals surface area contributed by atoms with Crippen molar-refractivity contribution in [2.24, 2.45) is 0 Å². The molecule has 1 saturated heterocycles. The fourth-order valence-electron chi connectivity index (χ4n) is 4.32. The average molecular weight is 539 g/mol. The van der Waals surface area contributed by atoms with Gasteiger partial charge in [0.15, 0.2) is 32.8 Å². The lowest BCUT2D eigenvalue weighted by Gasteiger charge is -2.13. The maximum Gasteiger partial charge on any atom is 0.279 e. The second kappa shape index (κ2) is 10.2. The molecule has 38 heavy (non-hydrogen) atoms. The van der Waals surface area contributed by atoms with Gasteiger partial charge in [-0.3, -0.25) is 4.79 Å². The van der Waals surface area contributed by atoms with Gasteiger partial charge >= 0.3 is 0 Å².